The Balaban J connectivity index is 1.74. The molecule has 0 saturated heterocycles. The molecule has 28 heavy (non-hydrogen) atoms. The van der Waals surface area contributed by atoms with Crippen LogP contribution in [0.15, 0.2) is 52.9 Å². The van der Waals surface area contributed by atoms with Crippen molar-refractivity contribution in [1.82, 2.24) is 10.2 Å². The highest BCUT2D eigenvalue weighted by Crippen LogP contribution is 2.23. The van der Waals surface area contributed by atoms with Gasteiger partial charge < -0.3 is 5.73 Å². The fourth-order valence-electron chi connectivity index (χ4n) is 2.26. The average molecular weight is 417 g/mol. The maximum Gasteiger partial charge on any atom is 0.291 e. The Hall–Kier alpha value is -3.31. The van der Waals surface area contributed by atoms with Crippen LogP contribution in [-0.4, -0.2) is 30.4 Å². The molecule has 0 aliphatic rings. The summed E-state index contributed by atoms with van der Waals surface area (Å²) in [5.74, 6) is -1.03. The van der Waals surface area contributed by atoms with Gasteiger partial charge in [0.15, 0.2) is 0 Å². The van der Waals surface area contributed by atoms with E-state index in [1.807, 2.05) is 6.07 Å². The Morgan fingerprint density at radius 3 is 2.36 bits per heavy atom. The average Bonchev–Trinajstić information content (AvgIpc) is 3.11. The fourth-order valence-corrected chi connectivity index (χ4v) is 4.22. The first kappa shape index (κ1) is 19.5. The van der Waals surface area contributed by atoms with Crippen LogP contribution in [0, 0.1) is 6.92 Å². The monoisotopic (exact) mass is 417 g/mol. The van der Waals surface area contributed by atoms with Gasteiger partial charge in [-0.2, -0.15) is 8.42 Å². The van der Waals surface area contributed by atoms with Crippen molar-refractivity contribution < 1.29 is 18.0 Å². The molecular formula is C17H15N5O4S2. The van der Waals surface area contributed by atoms with Gasteiger partial charge in [-0.3, -0.25) is 19.6 Å². The van der Waals surface area contributed by atoms with E-state index in [4.69, 9.17) is 5.73 Å². The summed E-state index contributed by atoms with van der Waals surface area (Å²) in [6, 6.07) is 12.6. The van der Waals surface area contributed by atoms with Gasteiger partial charge in [0.1, 0.15) is 0 Å². The minimum atomic E-state index is -4.01. The molecule has 0 atom stereocenters. The molecule has 0 bridgehead atoms. The number of nitrogens with one attached hydrogen (secondary N) is 2. The Morgan fingerprint density at radius 1 is 1.04 bits per heavy atom. The van der Waals surface area contributed by atoms with E-state index in [-0.39, 0.29) is 20.7 Å². The molecule has 1 heterocycles. The summed E-state index contributed by atoms with van der Waals surface area (Å²) in [4.78, 5) is 23.4. The summed E-state index contributed by atoms with van der Waals surface area (Å²) in [6.45, 7) is 1.79. The van der Waals surface area contributed by atoms with Crippen LogP contribution in [0.2, 0.25) is 0 Å². The molecule has 1 aromatic heterocycles. The molecule has 11 heteroatoms. The number of amides is 2. The number of sulfonamides is 1. The van der Waals surface area contributed by atoms with Gasteiger partial charge in [0, 0.05) is 16.8 Å². The quantitative estimate of drug-likeness (QED) is 0.523. The second kappa shape index (κ2) is 7.74. The summed E-state index contributed by atoms with van der Waals surface area (Å²) in [5, 5.41) is 9.93. The molecule has 3 aromatic rings. The zero-order valence-electron chi connectivity index (χ0n) is 14.5. The molecule has 0 spiro atoms. The molecule has 0 aliphatic carbocycles. The highest BCUT2D eigenvalue weighted by molar-refractivity contribution is 7.94. The van der Waals surface area contributed by atoms with Gasteiger partial charge in [-0.25, -0.2) is 0 Å². The third-order valence-electron chi connectivity index (χ3n) is 3.67. The van der Waals surface area contributed by atoms with Gasteiger partial charge >= 0.3 is 0 Å². The minimum Gasteiger partial charge on any atom is -0.366 e. The molecule has 4 N–H and O–H groups in total. The number of hydrogen-bond acceptors (Lipinski definition) is 7. The third-order valence-corrected chi connectivity index (χ3v) is 6.26. The van der Waals surface area contributed by atoms with Crippen LogP contribution >= 0.6 is 11.3 Å². The highest BCUT2D eigenvalue weighted by Gasteiger charge is 2.21. The molecule has 0 saturated carbocycles. The number of hydrogen-bond donors (Lipinski definition) is 3. The maximum absolute atomic E-state index is 12.4. The highest BCUT2D eigenvalue weighted by atomic mass is 32.2. The van der Waals surface area contributed by atoms with Crippen molar-refractivity contribution in [1.29, 1.82) is 0 Å². The van der Waals surface area contributed by atoms with Crippen molar-refractivity contribution >= 4 is 44.0 Å². The summed E-state index contributed by atoms with van der Waals surface area (Å²) in [7, 11) is -4.01. The van der Waals surface area contributed by atoms with E-state index >= 15 is 0 Å². The van der Waals surface area contributed by atoms with Gasteiger partial charge in [0.2, 0.25) is 11.0 Å². The molecule has 0 aliphatic heterocycles. The SMILES string of the molecule is Cc1ccccc1C(=O)Nc1nnc(S(=O)(=O)Nc2ccc(C(N)=O)cc2)s1. The molecule has 9 nitrogen and oxygen atoms in total. The number of rotatable bonds is 6. The zero-order chi connectivity index (χ0) is 20.3. The number of carbonyl (C=O) groups excluding carboxylic acids is 2. The lowest BCUT2D eigenvalue weighted by Crippen LogP contribution is -2.14. The van der Waals surface area contributed by atoms with Crippen LogP contribution in [0.1, 0.15) is 26.3 Å². The van der Waals surface area contributed by atoms with Crippen molar-refractivity contribution in [3.05, 3.63) is 65.2 Å². The van der Waals surface area contributed by atoms with Crippen molar-refractivity contribution in [2.75, 3.05) is 10.0 Å². The molecular weight excluding hydrogens is 402 g/mol. The number of primary amides is 1. The second-order valence-corrected chi connectivity index (χ2v) is 8.52. The van der Waals surface area contributed by atoms with Crippen molar-refractivity contribution in [2.24, 2.45) is 5.73 Å². The summed E-state index contributed by atoms with van der Waals surface area (Å²) < 4.78 is 26.9. The van der Waals surface area contributed by atoms with Crippen molar-refractivity contribution in [3.8, 4) is 0 Å². The first-order valence-electron chi connectivity index (χ1n) is 7.89. The van der Waals surface area contributed by atoms with Gasteiger partial charge in [0.25, 0.3) is 20.3 Å². The van der Waals surface area contributed by atoms with Gasteiger partial charge in [-0.15, -0.1) is 10.2 Å². The van der Waals surface area contributed by atoms with E-state index in [2.05, 4.69) is 20.2 Å². The number of aryl methyl sites for hydroxylation is 1. The predicted molar refractivity (Wildman–Crippen MR) is 105 cm³/mol. The molecule has 0 radical (unpaired) electrons. The number of aromatic nitrogens is 2. The Labute approximate surface area is 164 Å². The second-order valence-electron chi connectivity index (χ2n) is 5.69. The zero-order valence-corrected chi connectivity index (χ0v) is 16.2. The topological polar surface area (TPSA) is 144 Å². The molecule has 3 rings (SSSR count). The fraction of sp³-hybridized carbons (Fsp3) is 0.0588. The normalized spacial score (nSPS) is 11.0. The summed E-state index contributed by atoms with van der Waals surface area (Å²) >= 11 is 0.717. The van der Waals surface area contributed by atoms with Crippen LogP contribution in [-0.2, 0) is 10.0 Å². The molecule has 0 unspecified atom stereocenters. The molecule has 0 fully saturated rings. The van der Waals surface area contributed by atoms with Crippen LogP contribution in [0.4, 0.5) is 10.8 Å². The third kappa shape index (κ3) is 4.32. The van der Waals surface area contributed by atoms with E-state index in [0.717, 1.165) is 16.9 Å². The first-order chi connectivity index (χ1) is 13.3. The first-order valence-corrected chi connectivity index (χ1v) is 10.2. The molecule has 2 amide bonds. The molecule has 144 valence electrons. The Morgan fingerprint density at radius 2 is 1.71 bits per heavy atom. The number of anilines is 2. The lowest BCUT2D eigenvalue weighted by molar-refractivity contribution is 0.0997. The maximum atomic E-state index is 12.4. The van der Waals surface area contributed by atoms with Crippen molar-refractivity contribution in [3.63, 3.8) is 0 Å². The van der Waals surface area contributed by atoms with Crippen molar-refractivity contribution in [2.45, 2.75) is 11.3 Å². The largest absolute Gasteiger partial charge is 0.366 e. The van der Waals surface area contributed by atoms with Gasteiger partial charge in [-0.1, -0.05) is 29.5 Å². The number of benzene rings is 2. The van der Waals surface area contributed by atoms with Crippen LogP contribution in [0.3, 0.4) is 0 Å². The lowest BCUT2D eigenvalue weighted by atomic mass is 10.1. The van der Waals surface area contributed by atoms with Crippen LogP contribution in [0.25, 0.3) is 0 Å². The Bertz CT molecular complexity index is 1140. The Kier molecular flexibility index (Phi) is 5.38. The molecule has 2 aromatic carbocycles. The van der Waals surface area contributed by atoms with E-state index in [1.54, 1.807) is 25.1 Å². The lowest BCUT2D eigenvalue weighted by Gasteiger charge is -2.05. The van der Waals surface area contributed by atoms with E-state index in [0.29, 0.717) is 5.56 Å². The van der Waals surface area contributed by atoms with E-state index in [9.17, 15) is 18.0 Å². The van der Waals surface area contributed by atoms with Gasteiger partial charge in [-0.05, 0) is 42.8 Å². The van der Waals surface area contributed by atoms with Crippen LogP contribution in [0.5, 0.6) is 0 Å². The standard InChI is InChI=1S/C17H15N5O4S2/c1-10-4-2-3-5-13(10)15(24)19-16-20-21-17(27-16)28(25,26)22-12-8-6-11(7-9-12)14(18)23/h2-9,22H,1H3,(H2,18,23)(H,19,20,24). The number of carbonyl (C=O) groups is 2. The summed E-state index contributed by atoms with van der Waals surface area (Å²) in [6.07, 6.45) is 0. The van der Waals surface area contributed by atoms with Crippen LogP contribution < -0.4 is 15.8 Å². The van der Waals surface area contributed by atoms with Gasteiger partial charge in [0.05, 0.1) is 0 Å². The number of nitrogens with zero attached hydrogens (tertiary/aromatic N) is 2. The van der Waals surface area contributed by atoms with E-state index < -0.39 is 21.8 Å². The smallest absolute Gasteiger partial charge is 0.291 e. The number of nitrogens with two attached hydrogens (primary N) is 1. The predicted octanol–water partition coefficient (Wildman–Crippen LogP) is 2.00. The van der Waals surface area contributed by atoms with E-state index in [1.165, 1.54) is 24.3 Å². The minimum absolute atomic E-state index is 0.0534. The summed E-state index contributed by atoms with van der Waals surface area (Å²) in [5.41, 5.74) is 6.85.